The molecule has 0 radical (unpaired) electrons. The molecule has 8 nitrogen and oxygen atoms in total. The summed E-state index contributed by atoms with van der Waals surface area (Å²) in [5.41, 5.74) is 0. The SMILES string of the molecule is CCCCCCCCCCCOC(=O)CCOC1CN(CCO)CC1COCCCCCC(=O)OC(CCCCCCCC)CCCCCCCC. The van der Waals surface area contributed by atoms with Gasteiger partial charge in [0, 0.05) is 38.6 Å². The smallest absolute Gasteiger partial charge is 0.308 e. The van der Waals surface area contributed by atoms with Gasteiger partial charge in [-0.15, -0.1) is 0 Å². The van der Waals surface area contributed by atoms with Gasteiger partial charge in [0.15, 0.2) is 0 Å². The molecule has 2 atom stereocenters. The van der Waals surface area contributed by atoms with Gasteiger partial charge in [0.2, 0.25) is 0 Å². The van der Waals surface area contributed by atoms with Crippen LogP contribution in [0.1, 0.15) is 201 Å². The fourth-order valence-electron chi connectivity index (χ4n) is 7.26. The highest BCUT2D eigenvalue weighted by molar-refractivity contribution is 5.69. The van der Waals surface area contributed by atoms with Crippen LogP contribution in [0.25, 0.3) is 0 Å². The number of aliphatic hydroxyl groups excluding tert-OH is 1. The molecule has 308 valence electrons. The topological polar surface area (TPSA) is 94.5 Å². The number of carbonyl (C=O) groups is 2. The van der Waals surface area contributed by atoms with Crippen LogP contribution < -0.4 is 0 Å². The van der Waals surface area contributed by atoms with Crippen molar-refractivity contribution in [3.8, 4) is 0 Å². The van der Waals surface area contributed by atoms with Gasteiger partial charge in [0.05, 0.1) is 39.0 Å². The van der Waals surface area contributed by atoms with Gasteiger partial charge in [0.25, 0.3) is 0 Å². The van der Waals surface area contributed by atoms with Crippen molar-refractivity contribution in [2.45, 2.75) is 213 Å². The standard InChI is InChI=1S/C44H85NO7/c1-4-7-10-13-16-17-18-21-27-35-51-43(47)31-36-50-42-38-45(32-33-46)37-40(42)39-49-34-26-22-25-30-44(48)52-41(28-23-19-14-11-8-5-2)29-24-20-15-12-9-6-3/h40-42,46H,4-39H2,1-3H3. The fourth-order valence-corrected chi connectivity index (χ4v) is 7.26. The molecule has 1 aliphatic heterocycles. The summed E-state index contributed by atoms with van der Waals surface area (Å²) in [5.74, 6) is -0.0208. The van der Waals surface area contributed by atoms with Crippen LogP contribution in [0.2, 0.25) is 0 Å². The first-order valence-electron chi connectivity index (χ1n) is 22.4. The molecular weight excluding hydrogens is 654 g/mol. The van der Waals surface area contributed by atoms with E-state index in [-0.39, 0.29) is 43.1 Å². The van der Waals surface area contributed by atoms with Crippen LogP contribution >= 0.6 is 0 Å². The van der Waals surface area contributed by atoms with Crippen LogP contribution in [0.3, 0.4) is 0 Å². The lowest BCUT2D eigenvalue weighted by atomic mass is 10.0. The molecule has 52 heavy (non-hydrogen) atoms. The van der Waals surface area contributed by atoms with Crippen molar-refractivity contribution in [3.63, 3.8) is 0 Å². The molecule has 0 aromatic rings. The largest absolute Gasteiger partial charge is 0.466 e. The van der Waals surface area contributed by atoms with Crippen LogP contribution in [-0.4, -0.2) is 86.8 Å². The molecule has 1 N–H and O–H groups in total. The summed E-state index contributed by atoms with van der Waals surface area (Å²) in [5, 5.41) is 9.47. The number of hydrogen-bond acceptors (Lipinski definition) is 8. The maximum Gasteiger partial charge on any atom is 0.308 e. The Morgan fingerprint density at radius 1 is 0.596 bits per heavy atom. The summed E-state index contributed by atoms with van der Waals surface area (Å²) in [4.78, 5) is 27.2. The summed E-state index contributed by atoms with van der Waals surface area (Å²) < 4.78 is 23.7. The van der Waals surface area contributed by atoms with Crippen LogP contribution in [0.5, 0.6) is 0 Å². The van der Waals surface area contributed by atoms with Crippen molar-refractivity contribution in [1.29, 1.82) is 0 Å². The number of hydrogen-bond donors (Lipinski definition) is 1. The Morgan fingerprint density at radius 2 is 1.12 bits per heavy atom. The summed E-state index contributed by atoms with van der Waals surface area (Å²) in [6.45, 7) is 11.1. The lowest BCUT2D eigenvalue weighted by Gasteiger charge is -2.19. The van der Waals surface area contributed by atoms with E-state index in [4.69, 9.17) is 18.9 Å². The van der Waals surface area contributed by atoms with E-state index < -0.39 is 0 Å². The quantitative estimate of drug-likeness (QED) is 0.0492. The lowest BCUT2D eigenvalue weighted by molar-refractivity contribution is -0.150. The molecule has 1 saturated heterocycles. The number of likely N-dealkylation sites (tertiary alicyclic amines) is 1. The number of ether oxygens (including phenoxy) is 4. The van der Waals surface area contributed by atoms with Gasteiger partial charge in [-0.1, -0.05) is 143 Å². The molecular formula is C44H85NO7. The average molecular weight is 740 g/mol. The minimum Gasteiger partial charge on any atom is -0.466 e. The summed E-state index contributed by atoms with van der Waals surface area (Å²) >= 11 is 0. The zero-order valence-electron chi connectivity index (χ0n) is 34.5. The predicted octanol–water partition coefficient (Wildman–Crippen LogP) is 10.7. The third kappa shape index (κ3) is 29.2. The monoisotopic (exact) mass is 740 g/mol. The Kier molecular flexibility index (Phi) is 34.5. The van der Waals surface area contributed by atoms with Crippen LogP contribution in [0, 0.1) is 5.92 Å². The van der Waals surface area contributed by atoms with Crippen LogP contribution in [0.4, 0.5) is 0 Å². The number of aliphatic hydroxyl groups is 1. The van der Waals surface area contributed by atoms with E-state index in [1.807, 2.05) is 0 Å². The second-order valence-corrected chi connectivity index (χ2v) is 15.6. The fraction of sp³-hybridized carbons (Fsp3) is 0.955. The molecule has 0 aliphatic carbocycles. The molecule has 2 unspecified atom stereocenters. The van der Waals surface area contributed by atoms with Gasteiger partial charge in [-0.3, -0.25) is 14.5 Å². The first kappa shape index (κ1) is 48.8. The van der Waals surface area contributed by atoms with E-state index >= 15 is 0 Å². The van der Waals surface area contributed by atoms with Gasteiger partial charge in [0.1, 0.15) is 6.10 Å². The van der Waals surface area contributed by atoms with E-state index in [2.05, 4.69) is 25.7 Å². The number of nitrogens with zero attached hydrogens (tertiary/aromatic N) is 1. The molecule has 0 spiro atoms. The molecule has 1 rings (SSSR count). The maximum absolute atomic E-state index is 12.7. The Bertz CT molecular complexity index is 781. The highest BCUT2D eigenvalue weighted by Gasteiger charge is 2.33. The number of β-amino-alcohol motifs (C(OH)–C–C–N with tert-alkyl or cyclic N) is 1. The van der Waals surface area contributed by atoms with E-state index in [0.717, 1.165) is 70.9 Å². The zero-order valence-corrected chi connectivity index (χ0v) is 34.5. The number of unbranched alkanes of at least 4 members (excludes halogenated alkanes) is 20. The van der Waals surface area contributed by atoms with Crippen LogP contribution in [-0.2, 0) is 28.5 Å². The molecule has 0 aromatic heterocycles. The molecule has 1 heterocycles. The predicted molar refractivity (Wildman–Crippen MR) is 215 cm³/mol. The number of carbonyl (C=O) groups excluding carboxylic acids is 2. The maximum atomic E-state index is 12.7. The van der Waals surface area contributed by atoms with Crippen molar-refractivity contribution >= 4 is 11.9 Å². The second kappa shape index (κ2) is 36.7. The Balaban J connectivity index is 2.23. The van der Waals surface area contributed by atoms with Gasteiger partial charge in [-0.2, -0.15) is 0 Å². The molecule has 1 fully saturated rings. The van der Waals surface area contributed by atoms with Gasteiger partial charge in [-0.25, -0.2) is 0 Å². The normalized spacial score (nSPS) is 16.2. The average Bonchev–Trinajstić information content (AvgIpc) is 3.52. The Morgan fingerprint density at radius 3 is 1.69 bits per heavy atom. The van der Waals surface area contributed by atoms with E-state index in [1.54, 1.807) is 0 Å². The summed E-state index contributed by atoms with van der Waals surface area (Å²) in [6.07, 6.45) is 31.9. The highest BCUT2D eigenvalue weighted by atomic mass is 16.5. The zero-order chi connectivity index (χ0) is 37.7. The van der Waals surface area contributed by atoms with Crippen molar-refractivity contribution < 1.29 is 33.6 Å². The minimum absolute atomic E-state index is 0.0212. The van der Waals surface area contributed by atoms with E-state index in [1.165, 1.54) is 109 Å². The van der Waals surface area contributed by atoms with E-state index in [9.17, 15) is 14.7 Å². The highest BCUT2D eigenvalue weighted by Crippen LogP contribution is 2.22. The Labute approximate surface area is 321 Å². The molecule has 0 amide bonds. The van der Waals surface area contributed by atoms with Crippen LogP contribution in [0.15, 0.2) is 0 Å². The first-order valence-corrected chi connectivity index (χ1v) is 22.4. The van der Waals surface area contributed by atoms with Crippen molar-refractivity contribution in [1.82, 2.24) is 4.90 Å². The number of rotatable bonds is 39. The third-order valence-corrected chi connectivity index (χ3v) is 10.6. The first-order chi connectivity index (χ1) is 25.5. The number of esters is 2. The van der Waals surface area contributed by atoms with Crippen molar-refractivity contribution in [2.24, 2.45) is 5.92 Å². The molecule has 1 aliphatic rings. The third-order valence-electron chi connectivity index (χ3n) is 10.6. The minimum atomic E-state index is -0.187. The summed E-state index contributed by atoms with van der Waals surface area (Å²) in [6, 6.07) is 0. The molecule has 0 bridgehead atoms. The second-order valence-electron chi connectivity index (χ2n) is 15.6. The van der Waals surface area contributed by atoms with Gasteiger partial charge in [-0.05, 0) is 44.9 Å². The summed E-state index contributed by atoms with van der Waals surface area (Å²) in [7, 11) is 0. The van der Waals surface area contributed by atoms with Crippen molar-refractivity contribution in [2.75, 3.05) is 52.7 Å². The van der Waals surface area contributed by atoms with Gasteiger partial charge >= 0.3 is 11.9 Å². The Hall–Kier alpha value is -1.22. The van der Waals surface area contributed by atoms with Gasteiger partial charge < -0.3 is 24.1 Å². The molecule has 8 heteroatoms. The molecule has 0 saturated carbocycles. The lowest BCUT2D eigenvalue weighted by Crippen LogP contribution is -2.28. The van der Waals surface area contributed by atoms with E-state index in [0.29, 0.717) is 39.4 Å². The molecule has 0 aromatic carbocycles. The van der Waals surface area contributed by atoms with Crippen molar-refractivity contribution in [3.05, 3.63) is 0 Å².